The van der Waals surface area contributed by atoms with E-state index in [1.165, 1.54) is 50.3 Å². The second kappa shape index (κ2) is 10.0. The molecule has 1 fully saturated rings. The van der Waals surface area contributed by atoms with E-state index in [4.69, 9.17) is 5.11 Å². The first kappa shape index (κ1) is 22.4. The van der Waals surface area contributed by atoms with Crippen molar-refractivity contribution in [1.29, 1.82) is 0 Å². The average molecular weight is 412 g/mol. The number of aromatic carboxylic acids is 1. The number of amides is 1. The molecule has 0 spiro atoms. The lowest BCUT2D eigenvalue weighted by atomic mass is 9.99. The molecule has 2 aromatic rings. The number of nitrogens with zero attached hydrogens (tertiary/aromatic N) is 3. The van der Waals surface area contributed by atoms with E-state index in [2.05, 4.69) is 15.3 Å². The molecule has 7 nitrogen and oxygen atoms in total. The number of anilines is 1. The smallest absolute Gasteiger partial charge is 0.434 e. The van der Waals surface area contributed by atoms with Crippen LogP contribution in [0, 0.1) is 5.92 Å². The fraction of sp³-hybridized carbons (Fsp3) is 0.474. The Morgan fingerprint density at radius 1 is 1.34 bits per heavy atom. The topological polar surface area (TPSA) is 97.1 Å². The van der Waals surface area contributed by atoms with E-state index < -0.39 is 17.8 Å². The minimum atomic E-state index is -4.33. The van der Waals surface area contributed by atoms with Crippen molar-refractivity contribution in [2.45, 2.75) is 51.2 Å². The first-order valence-electron chi connectivity index (χ1n) is 9.21. The van der Waals surface area contributed by atoms with Gasteiger partial charge in [0.15, 0.2) is 5.69 Å². The van der Waals surface area contributed by atoms with Gasteiger partial charge in [-0.2, -0.15) is 13.2 Å². The molecule has 10 heteroatoms. The third-order valence-corrected chi connectivity index (χ3v) is 4.77. The van der Waals surface area contributed by atoms with Crippen molar-refractivity contribution in [3.8, 4) is 0 Å². The highest BCUT2D eigenvalue weighted by Gasteiger charge is 2.33. The van der Waals surface area contributed by atoms with Crippen LogP contribution in [0.1, 0.15) is 61.1 Å². The number of aromatic nitrogens is 3. The first-order chi connectivity index (χ1) is 13.7. The summed E-state index contributed by atoms with van der Waals surface area (Å²) in [5.74, 6) is -0.0445. The Morgan fingerprint density at radius 3 is 2.52 bits per heavy atom. The lowest BCUT2D eigenvalue weighted by Gasteiger charge is -2.17. The van der Waals surface area contributed by atoms with Crippen molar-refractivity contribution >= 4 is 18.2 Å². The quantitative estimate of drug-likeness (QED) is 0.686. The molecule has 1 aliphatic carbocycles. The number of alkyl halides is 3. The van der Waals surface area contributed by atoms with Gasteiger partial charge in [-0.25, -0.2) is 14.8 Å². The number of carboxylic acid groups (broad SMARTS) is 1. The minimum Gasteiger partial charge on any atom is -0.478 e. The summed E-state index contributed by atoms with van der Waals surface area (Å²) in [5.41, 5.74) is -0.706. The predicted octanol–water partition coefficient (Wildman–Crippen LogP) is 4.39. The van der Waals surface area contributed by atoms with E-state index in [9.17, 15) is 22.8 Å². The zero-order valence-corrected chi connectivity index (χ0v) is 15.9. The molecule has 0 unspecified atom stereocenters. The molecule has 0 bridgehead atoms. The highest BCUT2D eigenvalue weighted by atomic mass is 19.4. The van der Waals surface area contributed by atoms with Crippen molar-refractivity contribution in [2.24, 2.45) is 5.92 Å². The largest absolute Gasteiger partial charge is 0.478 e. The van der Waals surface area contributed by atoms with Crippen LogP contribution in [0.5, 0.6) is 0 Å². The van der Waals surface area contributed by atoms with Gasteiger partial charge in [-0.05, 0) is 31.4 Å². The van der Waals surface area contributed by atoms with Gasteiger partial charge in [0, 0.05) is 18.4 Å². The zero-order valence-electron chi connectivity index (χ0n) is 15.9. The van der Waals surface area contributed by atoms with Crippen molar-refractivity contribution in [3.05, 3.63) is 42.1 Å². The number of imidazole rings is 1. The van der Waals surface area contributed by atoms with Gasteiger partial charge in [0.05, 0.1) is 11.9 Å². The normalized spacial score (nSPS) is 15.3. The molecule has 29 heavy (non-hydrogen) atoms. The van der Waals surface area contributed by atoms with E-state index in [-0.39, 0.29) is 11.6 Å². The van der Waals surface area contributed by atoms with Crippen LogP contribution in [0.25, 0.3) is 0 Å². The van der Waals surface area contributed by atoms with Gasteiger partial charge >= 0.3 is 12.1 Å². The molecular formula is C19H23F3N4O3. The van der Waals surface area contributed by atoms with Crippen LogP contribution in [-0.2, 0) is 11.0 Å². The summed E-state index contributed by atoms with van der Waals surface area (Å²) < 4.78 is 38.8. The maximum Gasteiger partial charge on any atom is 0.434 e. The summed E-state index contributed by atoms with van der Waals surface area (Å²) in [4.78, 5) is 27.4. The number of hydrogen-bond donors (Lipinski definition) is 2. The second-order valence-electron chi connectivity index (χ2n) is 6.94. The Labute approximate surface area is 166 Å². The molecule has 3 rings (SSSR count). The van der Waals surface area contributed by atoms with Crippen molar-refractivity contribution in [1.82, 2.24) is 14.5 Å². The molecule has 1 aliphatic rings. The maximum atomic E-state index is 12.4. The molecule has 2 heterocycles. The zero-order chi connectivity index (χ0) is 21.4. The van der Waals surface area contributed by atoms with Gasteiger partial charge in [-0.1, -0.05) is 25.7 Å². The molecule has 2 aromatic heterocycles. The molecule has 2 N–H and O–H groups in total. The van der Waals surface area contributed by atoms with Gasteiger partial charge < -0.3 is 15.0 Å². The Hall–Kier alpha value is -2.91. The molecule has 0 saturated heterocycles. The highest BCUT2D eigenvalue weighted by Crippen LogP contribution is 2.33. The van der Waals surface area contributed by atoms with Crippen molar-refractivity contribution < 1.29 is 27.9 Å². The molecule has 0 radical (unpaired) electrons. The van der Waals surface area contributed by atoms with E-state index in [1.54, 1.807) is 4.57 Å². The molecule has 1 saturated carbocycles. The van der Waals surface area contributed by atoms with E-state index in [0.29, 0.717) is 18.1 Å². The summed E-state index contributed by atoms with van der Waals surface area (Å²) in [6, 6.07) is 2.88. The van der Waals surface area contributed by atoms with Crippen molar-refractivity contribution in [3.63, 3.8) is 0 Å². The average Bonchev–Trinajstić information content (AvgIpc) is 3.34. The molecule has 158 valence electrons. The Bertz CT molecular complexity index is 800. The lowest BCUT2D eigenvalue weighted by molar-refractivity contribution is -0.141. The van der Waals surface area contributed by atoms with E-state index in [0.717, 1.165) is 12.6 Å². The van der Waals surface area contributed by atoms with E-state index in [1.807, 2.05) is 6.92 Å². The Kier molecular flexibility index (Phi) is 7.74. The SMILES string of the molecule is C[C@H](CC1CCCC1)n1cnc(C(F)(F)F)c1.O=CNc1ccc(C(=O)O)cn1. The van der Waals surface area contributed by atoms with Gasteiger partial charge in [-0.3, -0.25) is 4.79 Å². The monoisotopic (exact) mass is 412 g/mol. The third kappa shape index (κ3) is 6.88. The number of carboxylic acids is 1. The Morgan fingerprint density at radius 2 is 2.03 bits per heavy atom. The van der Waals surface area contributed by atoms with Crippen LogP contribution in [0.2, 0.25) is 0 Å². The van der Waals surface area contributed by atoms with Crippen LogP contribution in [-0.4, -0.2) is 32.0 Å². The summed E-state index contributed by atoms with van der Waals surface area (Å²) >= 11 is 0. The standard InChI is InChI=1S/C12H17F3N2.C7H6N2O3/c1-9(6-10-4-2-3-5-10)17-7-11(16-8-17)12(13,14)15;10-4-9-6-2-1-5(3-8-6)7(11)12/h7-10H,2-6H2,1H3;1-4H,(H,11,12)(H,8,9,10)/t9-;/m1./s1. The molecular weight excluding hydrogens is 389 g/mol. The van der Waals surface area contributed by atoms with Crippen LogP contribution in [0.4, 0.5) is 19.0 Å². The van der Waals surface area contributed by atoms with E-state index >= 15 is 0 Å². The summed E-state index contributed by atoms with van der Waals surface area (Å²) in [5, 5.41) is 10.8. The number of nitrogens with one attached hydrogen (secondary N) is 1. The molecule has 0 aromatic carbocycles. The number of halogens is 3. The van der Waals surface area contributed by atoms with Gasteiger partial charge in [0.1, 0.15) is 5.82 Å². The van der Waals surface area contributed by atoms with Crippen LogP contribution >= 0.6 is 0 Å². The number of carbonyl (C=O) groups is 2. The molecule has 1 atom stereocenters. The van der Waals surface area contributed by atoms with Crippen molar-refractivity contribution in [2.75, 3.05) is 5.32 Å². The second-order valence-corrected chi connectivity index (χ2v) is 6.94. The van der Waals surface area contributed by atoms with Crippen LogP contribution < -0.4 is 5.32 Å². The summed E-state index contributed by atoms with van der Waals surface area (Å²) in [6.45, 7) is 1.96. The number of rotatable bonds is 6. The molecule has 1 amide bonds. The highest BCUT2D eigenvalue weighted by molar-refractivity contribution is 5.87. The Balaban J connectivity index is 0.000000221. The fourth-order valence-electron chi connectivity index (χ4n) is 3.24. The van der Waals surface area contributed by atoms with Crippen LogP contribution in [0.15, 0.2) is 30.9 Å². The first-order valence-corrected chi connectivity index (χ1v) is 9.21. The fourth-order valence-corrected chi connectivity index (χ4v) is 3.24. The maximum absolute atomic E-state index is 12.4. The summed E-state index contributed by atoms with van der Waals surface area (Å²) in [6.07, 6.45) is 5.62. The predicted molar refractivity (Wildman–Crippen MR) is 99.4 cm³/mol. The van der Waals surface area contributed by atoms with Crippen LogP contribution in [0.3, 0.4) is 0 Å². The van der Waals surface area contributed by atoms with Gasteiger partial charge in [0.2, 0.25) is 6.41 Å². The third-order valence-electron chi connectivity index (χ3n) is 4.77. The number of carbonyl (C=O) groups excluding carboxylic acids is 1. The lowest BCUT2D eigenvalue weighted by Crippen LogP contribution is -2.09. The molecule has 0 aliphatic heterocycles. The summed E-state index contributed by atoms with van der Waals surface area (Å²) in [7, 11) is 0. The number of hydrogen-bond acceptors (Lipinski definition) is 4. The van der Waals surface area contributed by atoms with Gasteiger partial charge in [-0.15, -0.1) is 0 Å². The number of pyridine rings is 1. The van der Waals surface area contributed by atoms with Gasteiger partial charge in [0.25, 0.3) is 0 Å². The minimum absolute atomic E-state index is 0.0893.